The van der Waals surface area contributed by atoms with E-state index in [1.54, 1.807) is 6.92 Å². The molecule has 0 saturated carbocycles. The lowest BCUT2D eigenvalue weighted by atomic mass is 10.1. The molecule has 2 amide bonds. The lowest BCUT2D eigenvalue weighted by molar-refractivity contribution is 0.0880. The standard InChI is InChI=1S/C15H11F2N3O4/c1-2-24-8-4-3-7(11(16)12(8)17)20-9(21)5-6-10(13(20)18)15(23)19-14(6)22/h3-5H,2,18H2,1H3,(H,19,22,23). The summed E-state index contributed by atoms with van der Waals surface area (Å²) in [4.78, 5) is 35.5. The molecule has 3 N–H and O–H groups in total. The van der Waals surface area contributed by atoms with Crippen molar-refractivity contribution in [1.82, 2.24) is 9.88 Å². The largest absolute Gasteiger partial charge is 0.491 e. The van der Waals surface area contributed by atoms with Crippen molar-refractivity contribution in [2.45, 2.75) is 6.92 Å². The molecule has 0 radical (unpaired) electrons. The van der Waals surface area contributed by atoms with Crippen molar-refractivity contribution in [3.8, 4) is 11.4 Å². The van der Waals surface area contributed by atoms with Gasteiger partial charge in [0.15, 0.2) is 11.6 Å². The molecule has 9 heteroatoms. The Labute approximate surface area is 133 Å². The van der Waals surface area contributed by atoms with Gasteiger partial charge in [0.2, 0.25) is 5.82 Å². The molecule has 0 spiro atoms. The van der Waals surface area contributed by atoms with Crippen LogP contribution in [0, 0.1) is 11.6 Å². The maximum atomic E-state index is 14.3. The summed E-state index contributed by atoms with van der Waals surface area (Å²) in [7, 11) is 0. The fourth-order valence-electron chi connectivity index (χ4n) is 2.49. The second kappa shape index (κ2) is 5.44. The van der Waals surface area contributed by atoms with Crippen molar-refractivity contribution in [3.63, 3.8) is 0 Å². The molecule has 1 aromatic heterocycles. The maximum absolute atomic E-state index is 14.3. The normalized spacial score (nSPS) is 13.0. The number of amides is 2. The van der Waals surface area contributed by atoms with Crippen molar-refractivity contribution < 1.29 is 23.1 Å². The number of nitrogens with two attached hydrogens (primary N) is 1. The van der Waals surface area contributed by atoms with Crippen LogP contribution in [0.5, 0.6) is 5.75 Å². The van der Waals surface area contributed by atoms with Crippen LogP contribution in [0.25, 0.3) is 5.69 Å². The number of ether oxygens (including phenoxy) is 1. The highest BCUT2D eigenvalue weighted by molar-refractivity contribution is 6.23. The molecular weight excluding hydrogens is 324 g/mol. The smallest absolute Gasteiger partial charge is 0.262 e. The van der Waals surface area contributed by atoms with Gasteiger partial charge in [-0.25, -0.2) is 4.39 Å². The summed E-state index contributed by atoms with van der Waals surface area (Å²) >= 11 is 0. The van der Waals surface area contributed by atoms with Crippen LogP contribution in [0.15, 0.2) is 23.0 Å². The Morgan fingerprint density at radius 2 is 1.88 bits per heavy atom. The topological polar surface area (TPSA) is 103 Å². The highest BCUT2D eigenvalue weighted by Crippen LogP contribution is 2.28. The Kier molecular flexibility index (Phi) is 3.55. The van der Waals surface area contributed by atoms with E-state index < -0.39 is 40.5 Å². The van der Waals surface area contributed by atoms with Gasteiger partial charge in [-0.2, -0.15) is 4.39 Å². The van der Waals surface area contributed by atoms with Crippen LogP contribution in [0.2, 0.25) is 0 Å². The van der Waals surface area contributed by atoms with Crippen LogP contribution in [-0.4, -0.2) is 23.0 Å². The van der Waals surface area contributed by atoms with Gasteiger partial charge >= 0.3 is 0 Å². The molecule has 1 aromatic carbocycles. The number of pyridine rings is 1. The van der Waals surface area contributed by atoms with Gasteiger partial charge in [-0.15, -0.1) is 0 Å². The van der Waals surface area contributed by atoms with E-state index in [1.807, 2.05) is 5.32 Å². The molecule has 3 rings (SSSR count). The fourth-order valence-corrected chi connectivity index (χ4v) is 2.49. The number of hydrogen-bond acceptors (Lipinski definition) is 5. The summed E-state index contributed by atoms with van der Waals surface area (Å²) in [6, 6.07) is 3.09. The minimum absolute atomic E-state index is 0.124. The zero-order valence-corrected chi connectivity index (χ0v) is 12.4. The number of rotatable bonds is 3. The molecule has 0 aliphatic carbocycles. The van der Waals surface area contributed by atoms with Gasteiger partial charge in [0.05, 0.1) is 23.4 Å². The molecule has 124 valence electrons. The number of benzene rings is 1. The Morgan fingerprint density at radius 3 is 2.54 bits per heavy atom. The van der Waals surface area contributed by atoms with E-state index in [0.29, 0.717) is 4.57 Å². The van der Waals surface area contributed by atoms with E-state index in [9.17, 15) is 23.2 Å². The Bertz CT molecular complexity index is 953. The summed E-state index contributed by atoms with van der Waals surface area (Å²) in [5.41, 5.74) is 3.94. The zero-order valence-electron chi connectivity index (χ0n) is 12.4. The predicted octanol–water partition coefficient (Wildman–Crippen LogP) is 0.980. The highest BCUT2D eigenvalue weighted by Gasteiger charge is 2.32. The Morgan fingerprint density at radius 1 is 1.17 bits per heavy atom. The first kappa shape index (κ1) is 15.7. The number of nitrogens with one attached hydrogen (secondary N) is 1. The van der Waals surface area contributed by atoms with Crippen LogP contribution in [0.1, 0.15) is 27.6 Å². The van der Waals surface area contributed by atoms with Gasteiger partial charge in [-0.3, -0.25) is 24.3 Å². The summed E-state index contributed by atoms with van der Waals surface area (Å²) in [5.74, 6) is -5.01. The average Bonchev–Trinajstić information content (AvgIpc) is 2.80. The van der Waals surface area contributed by atoms with Crippen LogP contribution < -0.4 is 21.3 Å². The molecule has 0 fully saturated rings. The SMILES string of the molecule is CCOc1ccc(-n2c(N)c3c(cc2=O)C(=O)NC3=O)c(F)c1F. The molecule has 0 atom stereocenters. The second-order valence-corrected chi connectivity index (χ2v) is 4.92. The van der Waals surface area contributed by atoms with E-state index >= 15 is 0 Å². The van der Waals surface area contributed by atoms with Gasteiger partial charge in [0.25, 0.3) is 17.4 Å². The quantitative estimate of drug-likeness (QED) is 0.814. The van der Waals surface area contributed by atoms with Gasteiger partial charge in [0.1, 0.15) is 5.82 Å². The number of nitrogens with zero attached hydrogens (tertiary/aromatic N) is 1. The average molecular weight is 335 g/mol. The summed E-state index contributed by atoms with van der Waals surface area (Å²) in [6.07, 6.45) is 0. The molecule has 1 aliphatic rings. The highest BCUT2D eigenvalue weighted by atomic mass is 19.2. The molecule has 0 bridgehead atoms. The van der Waals surface area contributed by atoms with Crippen LogP contribution in [0.4, 0.5) is 14.6 Å². The first-order chi connectivity index (χ1) is 11.4. The zero-order chi connectivity index (χ0) is 17.6. The van der Waals surface area contributed by atoms with E-state index in [2.05, 4.69) is 0 Å². The predicted molar refractivity (Wildman–Crippen MR) is 79.3 cm³/mol. The van der Waals surface area contributed by atoms with E-state index in [1.165, 1.54) is 0 Å². The third kappa shape index (κ3) is 2.13. The number of carbonyl (C=O) groups excluding carboxylic acids is 2. The minimum Gasteiger partial charge on any atom is -0.491 e. The first-order valence-corrected chi connectivity index (χ1v) is 6.89. The summed E-state index contributed by atoms with van der Waals surface area (Å²) in [6.45, 7) is 1.72. The lowest BCUT2D eigenvalue weighted by Crippen LogP contribution is -2.25. The van der Waals surface area contributed by atoms with Crippen molar-refractivity contribution in [2.75, 3.05) is 12.3 Å². The van der Waals surface area contributed by atoms with Crippen molar-refractivity contribution in [1.29, 1.82) is 0 Å². The molecular formula is C15H11F2N3O4. The Balaban J connectivity index is 2.28. The maximum Gasteiger partial charge on any atom is 0.262 e. The number of halogens is 2. The van der Waals surface area contributed by atoms with Crippen LogP contribution >= 0.6 is 0 Å². The number of fused-ring (bicyclic) bond motifs is 1. The van der Waals surface area contributed by atoms with Gasteiger partial charge < -0.3 is 10.5 Å². The monoisotopic (exact) mass is 335 g/mol. The molecule has 1 aliphatic heterocycles. The first-order valence-electron chi connectivity index (χ1n) is 6.89. The van der Waals surface area contributed by atoms with E-state index in [-0.39, 0.29) is 23.5 Å². The lowest BCUT2D eigenvalue weighted by Gasteiger charge is -2.14. The molecule has 0 saturated heterocycles. The van der Waals surface area contributed by atoms with Gasteiger partial charge in [-0.05, 0) is 19.1 Å². The summed E-state index contributed by atoms with van der Waals surface area (Å²) < 4.78 is 33.9. The molecule has 7 nitrogen and oxygen atoms in total. The second-order valence-electron chi connectivity index (χ2n) is 4.92. The van der Waals surface area contributed by atoms with E-state index in [0.717, 1.165) is 18.2 Å². The summed E-state index contributed by atoms with van der Waals surface area (Å²) in [5, 5.41) is 1.98. The fraction of sp³-hybridized carbons (Fsp3) is 0.133. The third-order valence-electron chi connectivity index (χ3n) is 3.52. The minimum atomic E-state index is -1.36. The van der Waals surface area contributed by atoms with Gasteiger partial charge in [-0.1, -0.05) is 0 Å². The number of carbonyl (C=O) groups is 2. The van der Waals surface area contributed by atoms with Crippen LogP contribution in [0.3, 0.4) is 0 Å². The third-order valence-corrected chi connectivity index (χ3v) is 3.52. The molecule has 2 aromatic rings. The number of imide groups is 1. The van der Waals surface area contributed by atoms with Gasteiger partial charge in [0, 0.05) is 6.07 Å². The number of hydrogen-bond donors (Lipinski definition) is 2. The Hall–Kier alpha value is -3.23. The number of anilines is 1. The van der Waals surface area contributed by atoms with Crippen LogP contribution in [-0.2, 0) is 0 Å². The molecule has 24 heavy (non-hydrogen) atoms. The van der Waals surface area contributed by atoms with Crippen molar-refractivity contribution in [3.05, 3.63) is 51.3 Å². The van der Waals surface area contributed by atoms with Crippen molar-refractivity contribution >= 4 is 17.6 Å². The molecule has 2 heterocycles. The van der Waals surface area contributed by atoms with Crippen molar-refractivity contribution in [2.24, 2.45) is 0 Å². The number of nitrogen functional groups attached to an aromatic ring is 1. The molecule has 0 unspecified atom stereocenters. The van der Waals surface area contributed by atoms with E-state index in [4.69, 9.17) is 10.5 Å². The number of aromatic nitrogens is 1.